The topological polar surface area (TPSA) is 27.7 Å². The van der Waals surface area contributed by atoms with Gasteiger partial charge in [0.05, 0.1) is 6.61 Å². The van der Waals surface area contributed by atoms with E-state index < -0.39 is 0 Å². The van der Waals surface area contributed by atoms with Crippen molar-refractivity contribution in [1.29, 1.82) is 0 Å². The maximum Gasteiger partial charge on any atom is 0.162 e. The first-order valence-electron chi connectivity index (χ1n) is 7.29. The smallest absolute Gasteiger partial charge is 0.162 e. The molecular formula is C18H21BrO3. The molecule has 2 aromatic carbocycles. The van der Waals surface area contributed by atoms with E-state index in [1.807, 2.05) is 49.4 Å². The van der Waals surface area contributed by atoms with Crippen molar-refractivity contribution in [1.82, 2.24) is 0 Å². The molecule has 0 heterocycles. The third-order valence-corrected chi connectivity index (χ3v) is 4.07. The SMILES string of the molecule is COCCCOc1cc(C)c(Br)cc1OCc1ccccc1. The molecule has 0 aliphatic rings. The minimum atomic E-state index is 0.519. The van der Waals surface area contributed by atoms with Crippen molar-refractivity contribution in [2.24, 2.45) is 0 Å². The Morgan fingerprint density at radius 2 is 1.68 bits per heavy atom. The Morgan fingerprint density at radius 1 is 0.955 bits per heavy atom. The van der Waals surface area contributed by atoms with Crippen LogP contribution in [-0.4, -0.2) is 20.3 Å². The number of hydrogen-bond acceptors (Lipinski definition) is 3. The van der Waals surface area contributed by atoms with Crippen molar-refractivity contribution >= 4 is 15.9 Å². The number of hydrogen-bond donors (Lipinski definition) is 0. The fourth-order valence-electron chi connectivity index (χ4n) is 1.98. The lowest BCUT2D eigenvalue weighted by Crippen LogP contribution is -2.04. The molecule has 4 heteroatoms. The zero-order valence-electron chi connectivity index (χ0n) is 13.0. The van der Waals surface area contributed by atoms with Gasteiger partial charge in [0.2, 0.25) is 0 Å². The molecule has 22 heavy (non-hydrogen) atoms. The van der Waals surface area contributed by atoms with Crippen LogP contribution in [0.1, 0.15) is 17.5 Å². The Labute approximate surface area is 140 Å². The van der Waals surface area contributed by atoms with Gasteiger partial charge in [-0.1, -0.05) is 46.3 Å². The molecule has 2 rings (SSSR count). The van der Waals surface area contributed by atoms with Crippen LogP contribution in [0.5, 0.6) is 11.5 Å². The molecular weight excluding hydrogens is 344 g/mol. The van der Waals surface area contributed by atoms with Gasteiger partial charge in [0.1, 0.15) is 6.61 Å². The summed E-state index contributed by atoms with van der Waals surface area (Å²) in [7, 11) is 1.69. The van der Waals surface area contributed by atoms with Crippen LogP contribution in [0.25, 0.3) is 0 Å². The highest BCUT2D eigenvalue weighted by Crippen LogP contribution is 2.34. The highest BCUT2D eigenvalue weighted by Gasteiger charge is 2.09. The second kappa shape index (κ2) is 8.81. The molecule has 2 aromatic rings. The van der Waals surface area contributed by atoms with Crippen LogP contribution in [0.3, 0.4) is 0 Å². The van der Waals surface area contributed by atoms with Gasteiger partial charge in [-0.2, -0.15) is 0 Å². The third-order valence-electron chi connectivity index (χ3n) is 3.21. The van der Waals surface area contributed by atoms with E-state index in [0.29, 0.717) is 19.8 Å². The molecule has 0 spiro atoms. The number of ether oxygens (including phenoxy) is 3. The standard InChI is InChI=1S/C18H21BrO3/c1-14-11-17(21-10-6-9-20-2)18(12-16(14)19)22-13-15-7-4-3-5-8-15/h3-5,7-8,11-12H,6,9-10,13H2,1-2H3. The van der Waals surface area contributed by atoms with Gasteiger partial charge >= 0.3 is 0 Å². The van der Waals surface area contributed by atoms with E-state index in [-0.39, 0.29) is 0 Å². The molecule has 0 bridgehead atoms. The van der Waals surface area contributed by atoms with Crippen LogP contribution >= 0.6 is 15.9 Å². The fraction of sp³-hybridized carbons (Fsp3) is 0.333. The summed E-state index contributed by atoms with van der Waals surface area (Å²) in [5, 5.41) is 0. The summed E-state index contributed by atoms with van der Waals surface area (Å²) in [6.07, 6.45) is 0.851. The maximum atomic E-state index is 5.93. The largest absolute Gasteiger partial charge is 0.490 e. The average Bonchev–Trinajstić information content (AvgIpc) is 2.54. The molecule has 0 saturated carbocycles. The molecule has 0 saturated heterocycles. The second-order valence-electron chi connectivity index (χ2n) is 5.02. The van der Waals surface area contributed by atoms with Crippen LogP contribution in [0, 0.1) is 6.92 Å². The number of rotatable bonds is 8. The third kappa shape index (κ3) is 5.04. The minimum Gasteiger partial charge on any atom is -0.490 e. The first kappa shape index (κ1) is 16.8. The van der Waals surface area contributed by atoms with Crippen LogP contribution in [0.2, 0.25) is 0 Å². The van der Waals surface area contributed by atoms with E-state index in [2.05, 4.69) is 15.9 Å². The lowest BCUT2D eigenvalue weighted by atomic mass is 10.2. The van der Waals surface area contributed by atoms with Gasteiger partial charge in [0.15, 0.2) is 11.5 Å². The molecule has 0 aromatic heterocycles. The van der Waals surface area contributed by atoms with Gasteiger partial charge in [-0.15, -0.1) is 0 Å². The van der Waals surface area contributed by atoms with Crippen molar-refractivity contribution < 1.29 is 14.2 Å². The minimum absolute atomic E-state index is 0.519. The molecule has 0 N–H and O–H groups in total. The van der Waals surface area contributed by atoms with Crippen LogP contribution in [-0.2, 0) is 11.3 Å². The normalized spacial score (nSPS) is 10.5. The van der Waals surface area contributed by atoms with Crippen molar-refractivity contribution in [2.75, 3.05) is 20.3 Å². The predicted octanol–water partition coefficient (Wildman–Crippen LogP) is 4.75. The Morgan fingerprint density at radius 3 is 2.41 bits per heavy atom. The lowest BCUT2D eigenvalue weighted by Gasteiger charge is -2.14. The molecule has 0 radical (unpaired) electrons. The van der Waals surface area contributed by atoms with E-state index in [0.717, 1.165) is 33.5 Å². The summed E-state index contributed by atoms with van der Waals surface area (Å²) < 4.78 is 17.8. The summed E-state index contributed by atoms with van der Waals surface area (Å²) in [5.41, 5.74) is 2.25. The fourth-order valence-corrected chi connectivity index (χ4v) is 2.31. The van der Waals surface area contributed by atoms with Crippen molar-refractivity contribution in [3.05, 3.63) is 58.1 Å². The second-order valence-corrected chi connectivity index (χ2v) is 5.87. The summed E-state index contributed by atoms with van der Waals surface area (Å²) in [4.78, 5) is 0. The average molecular weight is 365 g/mol. The maximum absolute atomic E-state index is 5.93. The van der Waals surface area contributed by atoms with Gasteiger partial charge in [-0.25, -0.2) is 0 Å². The Kier molecular flexibility index (Phi) is 6.74. The molecule has 0 amide bonds. The molecule has 3 nitrogen and oxygen atoms in total. The van der Waals surface area contributed by atoms with Gasteiger partial charge < -0.3 is 14.2 Å². The Hall–Kier alpha value is -1.52. The van der Waals surface area contributed by atoms with E-state index in [1.165, 1.54) is 0 Å². The first-order valence-corrected chi connectivity index (χ1v) is 8.08. The van der Waals surface area contributed by atoms with Gasteiger partial charge in [0.25, 0.3) is 0 Å². The van der Waals surface area contributed by atoms with Gasteiger partial charge in [-0.3, -0.25) is 0 Å². The summed E-state index contributed by atoms with van der Waals surface area (Å²) >= 11 is 3.54. The summed E-state index contributed by atoms with van der Waals surface area (Å²) in [5.74, 6) is 1.52. The quantitative estimate of drug-likeness (QED) is 0.632. The molecule has 0 fully saturated rings. The van der Waals surface area contributed by atoms with Crippen LogP contribution in [0.4, 0.5) is 0 Å². The number of aryl methyl sites for hydroxylation is 1. The number of methoxy groups -OCH3 is 1. The Balaban J connectivity index is 2.05. The monoisotopic (exact) mass is 364 g/mol. The van der Waals surface area contributed by atoms with Crippen molar-refractivity contribution in [3.8, 4) is 11.5 Å². The highest BCUT2D eigenvalue weighted by molar-refractivity contribution is 9.10. The molecule has 0 unspecified atom stereocenters. The van der Waals surface area contributed by atoms with Gasteiger partial charge in [-0.05, 0) is 30.2 Å². The van der Waals surface area contributed by atoms with E-state index >= 15 is 0 Å². The van der Waals surface area contributed by atoms with E-state index in [9.17, 15) is 0 Å². The van der Waals surface area contributed by atoms with Crippen molar-refractivity contribution in [2.45, 2.75) is 20.0 Å². The zero-order valence-corrected chi connectivity index (χ0v) is 14.6. The number of halogens is 1. The summed E-state index contributed by atoms with van der Waals surface area (Å²) in [6, 6.07) is 14.1. The van der Waals surface area contributed by atoms with Gasteiger partial charge in [0, 0.05) is 24.6 Å². The van der Waals surface area contributed by atoms with Crippen LogP contribution in [0.15, 0.2) is 46.9 Å². The predicted molar refractivity (Wildman–Crippen MR) is 91.6 cm³/mol. The Bertz CT molecular complexity index is 584. The lowest BCUT2D eigenvalue weighted by molar-refractivity contribution is 0.169. The molecule has 118 valence electrons. The van der Waals surface area contributed by atoms with Crippen LogP contribution < -0.4 is 9.47 Å². The molecule has 0 aliphatic heterocycles. The molecule has 0 aliphatic carbocycles. The van der Waals surface area contributed by atoms with E-state index in [1.54, 1.807) is 7.11 Å². The summed E-state index contributed by atoms with van der Waals surface area (Å²) in [6.45, 7) is 3.85. The molecule has 0 atom stereocenters. The highest BCUT2D eigenvalue weighted by atomic mass is 79.9. The first-order chi connectivity index (χ1) is 10.7. The zero-order chi connectivity index (χ0) is 15.8. The van der Waals surface area contributed by atoms with Crippen molar-refractivity contribution in [3.63, 3.8) is 0 Å². The number of benzene rings is 2. The van der Waals surface area contributed by atoms with E-state index in [4.69, 9.17) is 14.2 Å².